The minimum atomic E-state index is -0.486. The maximum absolute atomic E-state index is 9.91. The molecule has 0 saturated heterocycles. The number of hydrogen-bond donors (Lipinski definition) is 2. The van der Waals surface area contributed by atoms with Crippen LogP contribution in [-0.2, 0) is 0 Å². The van der Waals surface area contributed by atoms with Crippen molar-refractivity contribution < 1.29 is 9.84 Å². The minimum absolute atomic E-state index is 0.309. The second-order valence-corrected chi connectivity index (χ2v) is 6.40. The largest absolute Gasteiger partial charge is 0.491 e. The van der Waals surface area contributed by atoms with Gasteiger partial charge in [0, 0.05) is 30.1 Å². The predicted octanol–water partition coefficient (Wildman–Crippen LogP) is 2.26. The molecule has 0 aliphatic heterocycles. The van der Waals surface area contributed by atoms with Gasteiger partial charge in [-0.25, -0.2) is 0 Å². The molecule has 0 amide bonds. The minimum Gasteiger partial charge on any atom is -0.491 e. The first kappa shape index (κ1) is 16.7. The molecule has 0 radical (unpaired) electrons. The Morgan fingerprint density at radius 3 is 2.95 bits per heavy atom. The van der Waals surface area contributed by atoms with Gasteiger partial charge in [-0.3, -0.25) is 4.90 Å². The molecule has 1 aromatic carbocycles. The Labute approximate surface area is 135 Å². The van der Waals surface area contributed by atoms with Crippen LogP contribution < -0.4 is 10.1 Å². The molecule has 1 saturated carbocycles. The molecular weight excluding hydrogens is 332 g/mol. The average molecular weight is 357 g/mol. The van der Waals surface area contributed by atoms with Gasteiger partial charge < -0.3 is 15.2 Å². The van der Waals surface area contributed by atoms with E-state index in [2.05, 4.69) is 33.1 Å². The molecule has 4 nitrogen and oxygen atoms in total. The van der Waals surface area contributed by atoms with Gasteiger partial charge in [0.05, 0.1) is 0 Å². The lowest BCUT2D eigenvalue weighted by atomic mass is 10.3. The van der Waals surface area contributed by atoms with Crippen molar-refractivity contribution in [2.75, 3.05) is 32.8 Å². The standard InChI is InChI=1S/C16H25BrN2O2/c1-2-19(14-6-7-14)9-8-18-11-15(20)12-21-16-5-3-4-13(17)10-16/h3-5,10,14-15,18,20H,2,6-9,11-12H2,1H3. The molecule has 0 bridgehead atoms. The van der Waals surface area contributed by atoms with Crippen LogP contribution >= 0.6 is 15.9 Å². The van der Waals surface area contributed by atoms with Gasteiger partial charge in [0.25, 0.3) is 0 Å². The number of likely N-dealkylation sites (N-methyl/N-ethyl adjacent to an activating group) is 1. The topological polar surface area (TPSA) is 44.7 Å². The number of hydrogen-bond acceptors (Lipinski definition) is 4. The fourth-order valence-electron chi connectivity index (χ4n) is 2.34. The van der Waals surface area contributed by atoms with Crippen LogP contribution in [0.3, 0.4) is 0 Å². The Balaban J connectivity index is 1.56. The molecule has 21 heavy (non-hydrogen) atoms. The number of benzene rings is 1. The molecule has 0 spiro atoms. The highest BCUT2D eigenvalue weighted by molar-refractivity contribution is 9.10. The van der Waals surface area contributed by atoms with Gasteiger partial charge in [-0.2, -0.15) is 0 Å². The first-order valence-corrected chi connectivity index (χ1v) is 8.49. The summed E-state index contributed by atoms with van der Waals surface area (Å²) in [5, 5.41) is 13.2. The van der Waals surface area contributed by atoms with Crippen LogP contribution in [0, 0.1) is 0 Å². The number of halogens is 1. The molecule has 2 rings (SSSR count). The highest BCUT2D eigenvalue weighted by atomic mass is 79.9. The quantitative estimate of drug-likeness (QED) is 0.631. The lowest BCUT2D eigenvalue weighted by Gasteiger charge is -2.20. The first-order chi connectivity index (χ1) is 10.2. The van der Waals surface area contributed by atoms with E-state index < -0.39 is 6.10 Å². The van der Waals surface area contributed by atoms with Gasteiger partial charge in [0.1, 0.15) is 18.5 Å². The molecule has 1 unspecified atom stereocenters. The molecule has 1 aliphatic rings. The number of nitrogens with one attached hydrogen (secondary N) is 1. The predicted molar refractivity (Wildman–Crippen MR) is 88.8 cm³/mol. The maximum atomic E-state index is 9.91. The van der Waals surface area contributed by atoms with Crippen molar-refractivity contribution in [1.82, 2.24) is 10.2 Å². The molecule has 0 aromatic heterocycles. The third-order valence-corrected chi connectivity index (χ3v) is 4.16. The van der Waals surface area contributed by atoms with Crippen LogP contribution in [0.15, 0.2) is 28.7 Å². The fraction of sp³-hybridized carbons (Fsp3) is 0.625. The molecule has 1 fully saturated rings. The molecule has 0 heterocycles. The van der Waals surface area contributed by atoms with E-state index in [1.165, 1.54) is 12.8 Å². The lowest BCUT2D eigenvalue weighted by molar-refractivity contribution is 0.105. The third kappa shape index (κ3) is 6.34. The Bertz CT molecular complexity index is 426. The van der Waals surface area contributed by atoms with Crippen molar-refractivity contribution in [1.29, 1.82) is 0 Å². The summed E-state index contributed by atoms with van der Waals surface area (Å²) in [5.74, 6) is 0.773. The summed E-state index contributed by atoms with van der Waals surface area (Å²) in [4.78, 5) is 2.50. The SMILES string of the molecule is CCN(CCNCC(O)COc1cccc(Br)c1)C1CC1. The molecule has 5 heteroatoms. The van der Waals surface area contributed by atoms with Crippen LogP contribution in [0.2, 0.25) is 0 Å². The molecule has 2 N–H and O–H groups in total. The van der Waals surface area contributed by atoms with Crippen molar-refractivity contribution in [2.45, 2.75) is 31.9 Å². The summed E-state index contributed by atoms with van der Waals surface area (Å²) in [6.45, 7) is 6.17. The van der Waals surface area contributed by atoms with Crippen LogP contribution in [0.25, 0.3) is 0 Å². The second-order valence-electron chi connectivity index (χ2n) is 5.49. The normalized spacial score (nSPS) is 16.2. The Kier molecular flexibility index (Phi) is 6.96. The highest BCUT2D eigenvalue weighted by Crippen LogP contribution is 2.25. The summed E-state index contributed by atoms with van der Waals surface area (Å²) in [5.41, 5.74) is 0. The van der Waals surface area contributed by atoms with E-state index >= 15 is 0 Å². The van der Waals surface area contributed by atoms with E-state index in [1.54, 1.807) is 0 Å². The van der Waals surface area contributed by atoms with Gasteiger partial charge in [0.15, 0.2) is 0 Å². The van der Waals surface area contributed by atoms with Crippen molar-refractivity contribution in [3.05, 3.63) is 28.7 Å². The number of ether oxygens (including phenoxy) is 1. The summed E-state index contributed by atoms with van der Waals surface area (Å²) in [7, 11) is 0. The van der Waals surface area contributed by atoms with Crippen molar-refractivity contribution in [3.8, 4) is 5.75 Å². The van der Waals surface area contributed by atoms with Gasteiger partial charge in [0.2, 0.25) is 0 Å². The van der Waals surface area contributed by atoms with Crippen LogP contribution in [0.1, 0.15) is 19.8 Å². The van der Waals surface area contributed by atoms with E-state index in [0.717, 1.165) is 35.9 Å². The van der Waals surface area contributed by atoms with Gasteiger partial charge in [-0.1, -0.05) is 28.9 Å². The second kappa shape index (κ2) is 8.73. The molecular formula is C16H25BrN2O2. The van der Waals surface area contributed by atoms with Crippen molar-refractivity contribution in [3.63, 3.8) is 0 Å². The zero-order valence-corrected chi connectivity index (χ0v) is 14.2. The molecule has 1 atom stereocenters. The van der Waals surface area contributed by atoms with Gasteiger partial charge in [-0.15, -0.1) is 0 Å². The lowest BCUT2D eigenvalue weighted by Crippen LogP contribution is -2.38. The van der Waals surface area contributed by atoms with Crippen molar-refractivity contribution >= 4 is 15.9 Å². The first-order valence-electron chi connectivity index (χ1n) is 7.70. The number of aliphatic hydroxyl groups excluding tert-OH is 1. The fourth-order valence-corrected chi connectivity index (χ4v) is 2.72. The zero-order chi connectivity index (χ0) is 15.1. The smallest absolute Gasteiger partial charge is 0.120 e. The monoisotopic (exact) mass is 356 g/mol. The van der Waals surface area contributed by atoms with Crippen LogP contribution in [0.5, 0.6) is 5.75 Å². The molecule has 1 aliphatic carbocycles. The van der Waals surface area contributed by atoms with Crippen LogP contribution in [-0.4, -0.2) is 54.9 Å². The molecule has 118 valence electrons. The van der Waals surface area contributed by atoms with Crippen LogP contribution in [0.4, 0.5) is 0 Å². The highest BCUT2D eigenvalue weighted by Gasteiger charge is 2.26. The maximum Gasteiger partial charge on any atom is 0.120 e. The van der Waals surface area contributed by atoms with Gasteiger partial charge >= 0.3 is 0 Å². The van der Waals surface area contributed by atoms with E-state index in [-0.39, 0.29) is 0 Å². The van der Waals surface area contributed by atoms with E-state index in [9.17, 15) is 5.11 Å². The van der Waals surface area contributed by atoms with Crippen molar-refractivity contribution in [2.24, 2.45) is 0 Å². The Morgan fingerprint density at radius 1 is 1.48 bits per heavy atom. The molecule has 1 aromatic rings. The Hall–Kier alpha value is -0.620. The van der Waals surface area contributed by atoms with Gasteiger partial charge in [-0.05, 0) is 37.6 Å². The number of aliphatic hydroxyl groups is 1. The number of nitrogens with zero attached hydrogens (tertiary/aromatic N) is 1. The van der Waals surface area contributed by atoms with E-state index in [0.29, 0.717) is 13.2 Å². The summed E-state index contributed by atoms with van der Waals surface area (Å²) in [6.07, 6.45) is 2.20. The summed E-state index contributed by atoms with van der Waals surface area (Å²) < 4.78 is 6.54. The van der Waals surface area contributed by atoms with E-state index in [4.69, 9.17) is 4.74 Å². The zero-order valence-electron chi connectivity index (χ0n) is 12.6. The number of rotatable bonds is 10. The summed E-state index contributed by atoms with van der Waals surface area (Å²) >= 11 is 3.40. The van der Waals surface area contributed by atoms with E-state index in [1.807, 2.05) is 24.3 Å². The summed E-state index contributed by atoms with van der Waals surface area (Å²) in [6, 6.07) is 8.46. The Morgan fingerprint density at radius 2 is 2.29 bits per heavy atom. The average Bonchev–Trinajstić information content (AvgIpc) is 3.30. The third-order valence-electron chi connectivity index (χ3n) is 3.66.